The van der Waals surface area contributed by atoms with E-state index in [4.69, 9.17) is 23.2 Å². The highest BCUT2D eigenvalue weighted by Gasteiger charge is 2.44. The van der Waals surface area contributed by atoms with Gasteiger partial charge in [0.15, 0.2) is 0 Å². The summed E-state index contributed by atoms with van der Waals surface area (Å²) in [6.45, 7) is 1.24. The minimum atomic E-state index is -0.375. The molecule has 30 heavy (non-hydrogen) atoms. The number of nitrogens with zero attached hydrogens (tertiary/aromatic N) is 2. The Morgan fingerprint density at radius 1 is 0.900 bits per heavy atom. The number of rotatable bonds is 3. The van der Waals surface area contributed by atoms with Gasteiger partial charge in [0, 0.05) is 23.0 Å². The molecule has 2 aliphatic heterocycles. The quantitative estimate of drug-likeness (QED) is 0.497. The number of hydrogen-bond donors (Lipinski definition) is 0. The van der Waals surface area contributed by atoms with Crippen LogP contribution >= 0.6 is 34.5 Å². The first-order valence-corrected chi connectivity index (χ1v) is 11.1. The van der Waals surface area contributed by atoms with Crippen molar-refractivity contribution in [3.63, 3.8) is 0 Å². The average Bonchev–Trinajstić information content (AvgIpc) is 3.36. The zero-order valence-corrected chi connectivity index (χ0v) is 18.1. The Kier molecular flexibility index (Phi) is 4.89. The van der Waals surface area contributed by atoms with E-state index in [0.29, 0.717) is 40.1 Å². The monoisotopic (exact) mass is 454 g/mol. The van der Waals surface area contributed by atoms with E-state index in [1.165, 1.54) is 22.5 Å². The van der Waals surface area contributed by atoms with E-state index in [1.807, 2.05) is 34.5 Å². The molecule has 3 aromatic rings. The van der Waals surface area contributed by atoms with Crippen molar-refractivity contribution in [3.05, 3.63) is 91.7 Å². The third kappa shape index (κ3) is 3.14. The van der Waals surface area contributed by atoms with Crippen molar-refractivity contribution >= 4 is 57.6 Å². The standard InChI is InChI=1S/C23H16Cl2N2O2S/c24-16-7-8-17(25)18(12-16)27-22(28)20(19-6-3-11-30-19)21(23(27)29)26-10-9-14-4-1-2-5-15(14)13-26/h1-8,11-12H,9-10,13H2. The highest BCUT2D eigenvalue weighted by molar-refractivity contribution is 7.11. The summed E-state index contributed by atoms with van der Waals surface area (Å²) < 4.78 is 0. The van der Waals surface area contributed by atoms with Gasteiger partial charge in [-0.1, -0.05) is 53.5 Å². The molecule has 2 aromatic carbocycles. The molecule has 2 aliphatic rings. The van der Waals surface area contributed by atoms with E-state index in [1.54, 1.807) is 18.2 Å². The van der Waals surface area contributed by atoms with Crippen molar-refractivity contribution in [2.24, 2.45) is 0 Å². The van der Waals surface area contributed by atoms with Crippen molar-refractivity contribution in [2.75, 3.05) is 11.4 Å². The lowest BCUT2D eigenvalue weighted by molar-refractivity contribution is -0.120. The van der Waals surface area contributed by atoms with Crippen molar-refractivity contribution in [1.82, 2.24) is 4.90 Å². The molecule has 150 valence electrons. The summed E-state index contributed by atoms with van der Waals surface area (Å²) in [5, 5.41) is 2.61. The number of amides is 2. The van der Waals surface area contributed by atoms with E-state index in [2.05, 4.69) is 12.1 Å². The van der Waals surface area contributed by atoms with Crippen molar-refractivity contribution < 1.29 is 9.59 Å². The zero-order valence-electron chi connectivity index (χ0n) is 15.8. The van der Waals surface area contributed by atoms with Gasteiger partial charge < -0.3 is 4.90 Å². The van der Waals surface area contributed by atoms with Crippen LogP contribution in [0.25, 0.3) is 5.57 Å². The van der Waals surface area contributed by atoms with Crippen molar-refractivity contribution in [2.45, 2.75) is 13.0 Å². The van der Waals surface area contributed by atoms with Crippen molar-refractivity contribution in [1.29, 1.82) is 0 Å². The molecule has 0 fully saturated rings. The summed E-state index contributed by atoms with van der Waals surface area (Å²) in [5.41, 5.74) is 3.60. The fraction of sp³-hybridized carbons (Fsp3) is 0.130. The second kappa shape index (κ2) is 7.58. The third-order valence-corrected chi connectivity index (χ3v) is 6.87. The minimum Gasteiger partial charge on any atom is -0.362 e. The maximum Gasteiger partial charge on any atom is 0.282 e. The van der Waals surface area contributed by atoms with Crippen LogP contribution in [0.1, 0.15) is 16.0 Å². The number of imide groups is 1. The number of halogens is 2. The highest BCUT2D eigenvalue weighted by atomic mass is 35.5. The van der Waals surface area contributed by atoms with Gasteiger partial charge in [0.25, 0.3) is 11.8 Å². The molecular formula is C23H16Cl2N2O2S. The minimum absolute atomic E-state index is 0.303. The Balaban J connectivity index is 1.62. The second-order valence-corrected chi connectivity index (χ2v) is 8.97. The first-order valence-electron chi connectivity index (χ1n) is 9.48. The maximum atomic E-state index is 13.6. The molecule has 4 nitrogen and oxygen atoms in total. The predicted octanol–water partition coefficient (Wildman–Crippen LogP) is 5.40. The van der Waals surface area contributed by atoms with Gasteiger partial charge in [-0.05, 0) is 47.2 Å². The fourth-order valence-corrected chi connectivity index (χ4v) is 5.15. The number of fused-ring (bicyclic) bond motifs is 1. The summed E-state index contributed by atoms with van der Waals surface area (Å²) in [7, 11) is 0. The Bertz CT molecular complexity index is 1200. The topological polar surface area (TPSA) is 40.6 Å². The number of carbonyl (C=O) groups excluding carboxylic acids is 2. The fourth-order valence-electron chi connectivity index (χ4n) is 4.02. The molecule has 2 amide bonds. The number of hydrogen-bond acceptors (Lipinski definition) is 4. The lowest BCUT2D eigenvalue weighted by Crippen LogP contribution is -2.37. The predicted molar refractivity (Wildman–Crippen MR) is 121 cm³/mol. The van der Waals surface area contributed by atoms with Crippen LogP contribution in [0.2, 0.25) is 10.0 Å². The number of anilines is 1. The summed E-state index contributed by atoms with van der Waals surface area (Å²) in [6.07, 6.45) is 0.816. The Morgan fingerprint density at radius 2 is 1.70 bits per heavy atom. The lowest BCUT2D eigenvalue weighted by Gasteiger charge is -2.31. The van der Waals surface area contributed by atoms with Gasteiger partial charge in [-0.3, -0.25) is 9.59 Å². The van der Waals surface area contributed by atoms with Crippen LogP contribution in [0.3, 0.4) is 0 Å². The summed E-state index contributed by atoms with van der Waals surface area (Å²) >= 11 is 13.9. The van der Waals surface area contributed by atoms with Crippen LogP contribution in [-0.2, 0) is 22.6 Å². The molecule has 0 saturated carbocycles. The van der Waals surface area contributed by atoms with Crippen LogP contribution in [0, 0.1) is 0 Å². The van der Waals surface area contributed by atoms with Gasteiger partial charge >= 0.3 is 0 Å². The highest BCUT2D eigenvalue weighted by Crippen LogP contribution is 2.40. The Morgan fingerprint density at radius 3 is 2.47 bits per heavy atom. The summed E-state index contributed by atoms with van der Waals surface area (Å²) in [5.74, 6) is -0.743. The van der Waals surface area contributed by atoms with E-state index >= 15 is 0 Å². The SMILES string of the molecule is O=C1C(c2cccs2)=C(N2CCc3ccccc3C2)C(=O)N1c1cc(Cl)ccc1Cl. The molecule has 5 rings (SSSR count). The van der Waals surface area contributed by atoms with Crippen molar-refractivity contribution in [3.8, 4) is 0 Å². The maximum absolute atomic E-state index is 13.6. The number of benzene rings is 2. The molecule has 0 atom stereocenters. The van der Waals surface area contributed by atoms with E-state index in [-0.39, 0.29) is 11.8 Å². The van der Waals surface area contributed by atoms with Crippen LogP contribution in [0.5, 0.6) is 0 Å². The largest absolute Gasteiger partial charge is 0.362 e. The normalized spacial score (nSPS) is 16.5. The first kappa shape index (κ1) is 19.4. The molecule has 0 unspecified atom stereocenters. The first-order chi connectivity index (χ1) is 14.5. The smallest absolute Gasteiger partial charge is 0.282 e. The van der Waals surface area contributed by atoms with Gasteiger partial charge in [0.1, 0.15) is 5.70 Å². The third-order valence-electron chi connectivity index (χ3n) is 5.42. The van der Waals surface area contributed by atoms with Crippen LogP contribution < -0.4 is 4.90 Å². The van der Waals surface area contributed by atoms with Gasteiger partial charge in [0.05, 0.1) is 16.3 Å². The van der Waals surface area contributed by atoms with Crippen LogP contribution in [0.4, 0.5) is 5.69 Å². The van der Waals surface area contributed by atoms with Gasteiger partial charge in [-0.25, -0.2) is 4.90 Å². The van der Waals surface area contributed by atoms with Gasteiger partial charge in [-0.15, -0.1) is 11.3 Å². The number of thiophene rings is 1. The second-order valence-electron chi connectivity index (χ2n) is 7.18. The van der Waals surface area contributed by atoms with E-state index in [9.17, 15) is 9.59 Å². The molecule has 0 saturated heterocycles. The van der Waals surface area contributed by atoms with Crippen LogP contribution in [0.15, 0.2) is 65.7 Å². The molecule has 1 aromatic heterocycles. The Hall–Kier alpha value is -2.60. The van der Waals surface area contributed by atoms with E-state index < -0.39 is 0 Å². The molecule has 0 bridgehead atoms. The Labute approximate surface area is 187 Å². The molecule has 0 spiro atoms. The molecule has 7 heteroatoms. The van der Waals surface area contributed by atoms with Gasteiger partial charge in [0.2, 0.25) is 0 Å². The zero-order chi connectivity index (χ0) is 20.8. The number of carbonyl (C=O) groups is 2. The molecule has 3 heterocycles. The molecule has 0 N–H and O–H groups in total. The van der Waals surface area contributed by atoms with E-state index in [0.717, 1.165) is 16.2 Å². The molecular weight excluding hydrogens is 439 g/mol. The lowest BCUT2D eigenvalue weighted by atomic mass is 9.99. The molecule has 0 radical (unpaired) electrons. The average molecular weight is 455 g/mol. The summed E-state index contributed by atoms with van der Waals surface area (Å²) in [6, 6.07) is 16.7. The summed E-state index contributed by atoms with van der Waals surface area (Å²) in [4.78, 5) is 31.0. The van der Waals surface area contributed by atoms with Gasteiger partial charge in [-0.2, -0.15) is 0 Å². The van der Waals surface area contributed by atoms with Crippen LogP contribution in [-0.4, -0.2) is 23.3 Å². The molecule has 0 aliphatic carbocycles.